The van der Waals surface area contributed by atoms with Gasteiger partial charge in [-0.2, -0.15) is 13.2 Å². The van der Waals surface area contributed by atoms with Gasteiger partial charge in [-0.1, -0.05) is 19.3 Å². The molecule has 0 spiro atoms. The van der Waals surface area contributed by atoms with Crippen molar-refractivity contribution in [3.63, 3.8) is 0 Å². The Morgan fingerprint density at radius 2 is 2.21 bits per heavy atom. The normalized spacial score (nSPS) is 21.7. The molecule has 0 unspecified atom stereocenters. The number of hydrogen-bond acceptors (Lipinski definition) is 6. The molecule has 2 heterocycles. The van der Waals surface area contributed by atoms with Crippen LogP contribution in [0.1, 0.15) is 44.4 Å². The van der Waals surface area contributed by atoms with Gasteiger partial charge >= 0.3 is 11.9 Å². The summed E-state index contributed by atoms with van der Waals surface area (Å²) in [5.74, 6) is 2.30. The van der Waals surface area contributed by atoms with Gasteiger partial charge in [0.1, 0.15) is 31.1 Å². The fraction of sp³-hybridized carbons (Fsp3) is 0.611. The number of nitrogens with one attached hydrogen (secondary N) is 1. The fourth-order valence-electron chi connectivity index (χ4n) is 2.82. The molecule has 2 rings (SSSR count). The number of hydrogen-bond donors (Lipinski definition) is 1. The molecule has 0 radical (unpaired) electrons. The minimum Gasteiger partial charge on any atom is -0.484 e. The van der Waals surface area contributed by atoms with Crippen LogP contribution < -0.4 is 11.2 Å². The van der Waals surface area contributed by atoms with Gasteiger partial charge in [-0.25, -0.2) is 4.79 Å². The number of terminal acetylenes is 1. The van der Waals surface area contributed by atoms with Crippen LogP contribution in [0.25, 0.3) is 0 Å². The monoisotopic (exact) mass is 434 g/mol. The van der Waals surface area contributed by atoms with Gasteiger partial charge in [-0.15, -0.1) is 6.42 Å². The molecule has 160 valence electrons. The van der Waals surface area contributed by atoms with Gasteiger partial charge in [0, 0.05) is 19.0 Å². The molecule has 0 saturated carbocycles. The first-order valence-corrected chi connectivity index (χ1v) is 9.37. The van der Waals surface area contributed by atoms with Gasteiger partial charge in [0.2, 0.25) is 0 Å². The molecule has 0 aromatic carbocycles. The number of nitrogens with zero attached hydrogens (tertiary/aromatic N) is 1. The zero-order chi connectivity index (χ0) is 21.6. The lowest BCUT2D eigenvalue weighted by molar-refractivity contribution is -0.139. The molecular weight excluding hydrogens is 413 g/mol. The van der Waals surface area contributed by atoms with Crippen LogP contribution in [0.3, 0.4) is 0 Å². The van der Waals surface area contributed by atoms with Crippen LogP contribution in [0.2, 0.25) is 0 Å². The fourth-order valence-corrected chi connectivity index (χ4v) is 3.03. The third kappa shape index (κ3) is 6.16. The summed E-state index contributed by atoms with van der Waals surface area (Å²) in [6.07, 6.45) is 0.718. The van der Waals surface area contributed by atoms with E-state index in [1.54, 1.807) is 4.98 Å². The predicted octanol–water partition coefficient (Wildman–Crippen LogP) is 2.40. The zero-order valence-electron chi connectivity index (χ0n) is 15.7. The minimum atomic E-state index is -4.92. The first-order chi connectivity index (χ1) is 13.7. The zero-order valence-corrected chi connectivity index (χ0v) is 16.5. The Hall–Kier alpha value is -2.16. The summed E-state index contributed by atoms with van der Waals surface area (Å²) in [4.78, 5) is 25.2. The van der Waals surface area contributed by atoms with Crippen LogP contribution in [0, 0.1) is 12.3 Å². The van der Waals surface area contributed by atoms with Crippen LogP contribution in [-0.4, -0.2) is 40.0 Å². The van der Waals surface area contributed by atoms with Gasteiger partial charge in [0.05, 0.1) is 6.10 Å². The smallest absolute Gasteiger partial charge is 0.423 e. The van der Waals surface area contributed by atoms with Crippen molar-refractivity contribution >= 4 is 17.3 Å². The van der Waals surface area contributed by atoms with Crippen molar-refractivity contribution in [2.75, 3.05) is 13.2 Å². The number of ether oxygens (including phenoxy) is 3. The molecule has 11 heteroatoms. The number of unbranched alkanes of at least 4 members (excludes halogenated alkanes) is 1. The Labute approximate surface area is 170 Å². The van der Waals surface area contributed by atoms with E-state index in [0.29, 0.717) is 22.2 Å². The van der Waals surface area contributed by atoms with E-state index in [0.717, 1.165) is 12.8 Å². The Morgan fingerprint density at radius 3 is 2.83 bits per heavy atom. The Bertz CT molecular complexity index is 874. The molecule has 7 nitrogen and oxygen atoms in total. The van der Waals surface area contributed by atoms with Crippen molar-refractivity contribution in [3.05, 3.63) is 32.6 Å². The molecule has 29 heavy (non-hydrogen) atoms. The minimum absolute atomic E-state index is 0.00147. The number of H-pyrrole nitrogens is 1. The predicted molar refractivity (Wildman–Crippen MR) is 101 cm³/mol. The number of aromatic nitrogens is 2. The summed E-state index contributed by atoms with van der Waals surface area (Å²) in [5, 5.41) is 0.384. The molecule has 1 saturated heterocycles. The van der Waals surface area contributed by atoms with Crippen LogP contribution >= 0.6 is 12.2 Å². The van der Waals surface area contributed by atoms with Crippen molar-refractivity contribution < 1.29 is 27.4 Å². The van der Waals surface area contributed by atoms with Crippen molar-refractivity contribution in [3.8, 4) is 12.3 Å². The van der Waals surface area contributed by atoms with Crippen LogP contribution in [-0.2, 0) is 20.4 Å². The molecule has 1 aliphatic rings. The van der Waals surface area contributed by atoms with Crippen molar-refractivity contribution in [2.45, 2.75) is 57.2 Å². The summed E-state index contributed by atoms with van der Waals surface area (Å²) >= 11 is 5.13. The second-order valence-corrected chi connectivity index (χ2v) is 6.87. The standard InChI is InChI=1S/C18H21F3N2O5S/c1-3-5-6-15(29)27-10-13-12(26-7-4-2)8-14(28-13)23-9-11(18(19,20)21)16(24)22-17(23)25/h2,9,12-14H,3,5-8,10H2,1H3,(H,22,24,25)/t12-,13+,14+/m0/s1. The SMILES string of the molecule is C#CCO[C@H]1C[C@H](n2cc(C(F)(F)F)c(=O)[nH]c2=O)O[C@@H]1COC(=S)CCCC. The Morgan fingerprint density at radius 1 is 1.48 bits per heavy atom. The van der Waals surface area contributed by atoms with E-state index in [4.69, 9.17) is 32.9 Å². The molecule has 1 N–H and O–H groups in total. The highest BCUT2D eigenvalue weighted by Gasteiger charge is 2.40. The summed E-state index contributed by atoms with van der Waals surface area (Å²) in [7, 11) is 0. The molecule has 1 aliphatic heterocycles. The van der Waals surface area contributed by atoms with E-state index < -0.39 is 41.4 Å². The summed E-state index contributed by atoms with van der Waals surface area (Å²) in [5.41, 5.74) is -4.04. The molecule has 0 bridgehead atoms. The second-order valence-electron chi connectivity index (χ2n) is 6.41. The Balaban J connectivity index is 2.20. The number of halogens is 3. The highest BCUT2D eigenvalue weighted by Crippen LogP contribution is 2.32. The third-order valence-electron chi connectivity index (χ3n) is 4.29. The number of aromatic amines is 1. The van der Waals surface area contributed by atoms with Crippen molar-refractivity contribution in [1.82, 2.24) is 9.55 Å². The first kappa shape index (κ1) is 23.1. The van der Waals surface area contributed by atoms with E-state index in [1.807, 2.05) is 6.92 Å². The van der Waals surface area contributed by atoms with E-state index >= 15 is 0 Å². The highest BCUT2D eigenvalue weighted by molar-refractivity contribution is 7.80. The maximum atomic E-state index is 13.0. The van der Waals surface area contributed by atoms with Crippen molar-refractivity contribution in [1.29, 1.82) is 0 Å². The molecular formula is C18H21F3N2O5S. The van der Waals surface area contributed by atoms with Gasteiger partial charge in [0.15, 0.2) is 5.05 Å². The van der Waals surface area contributed by atoms with Crippen molar-refractivity contribution in [2.24, 2.45) is 0 Å². The number of rotatable bonds is 8. The average molecular weight is 434 g/mol. The highest BCUT2D eigenvalue weighted by atomic mass is 32.1. The van der Waals surface area contributed by atoms with Gasteiger partial charge in [-0.3, -0.25) is 14.3 Å². The van der Waals surface area contributed by atoms with Crippen LogP contribution in [0.4, 0.5) is 13.2 Å². The largest absolute Gasteiger partial charge is 0.484 e. The molecule has 1 aromatic rings. The van der Waals surface area contributed by atoms with E-state index in [-0.39, 0.29) is 19.6 Å². The molecule has 3 atom stereocenters. The van der Waals surface area contributed by atoms with Gasteiger partial charge in [0.25, 0.3) is 5.56 Å². The van der Waals surface area contributed by atoms with Gasteiger partial charge < -0.3 is 14.2 Å². The maximum Gasteiger partial charge on any atom is 0.423 e. The van der Waals surface area contributed by atoms with E-state index in [2.05, 4.69) is 5.92 Å². The molecule has 0 aliphatic carbocycles. The lowest BCUT2D eigenvalue weighted by atomic mass is 10.2. The van der Waals surface area contributed by atoms with Gasteiger partial charge in [-0.05, 0) is 18.6 Å². The summed E-state index contributed by atoms with van der Waals surface area (Å²) in [6.45, 7) is 1.96. The summed E-state index contributed by atoms with van der Waals surface area (Å²) in [6, 6.07) is 0. The van der Waals surface area contributed by atoms with E-state index in [9.17, 15) is 22.8 Å². The summed E-state index contributed by atoms with van der Waals surface area (Å²) < 4.78 is 56.4. The molecule has 1 fully saturated rings. The number of thiocarbonyl (C=S) groups is 1. The molecule has 1 aromatic heterocycles. The van der Waals surface area contributed by atoms with E-state index in [1.165, 1.54) is 0 Å². The second kappa shape index (κ2) is 10.0. The Kier molecular flexibility index (Phi) is 8.01. The topological polar surface area (TPSA) is 82.6 Å². The molecule has 0 amide bonds. The average Bonchev–Trinajstić information content (AvgIpc) is 3.04. The van der Waals surface area contributed by atoms with Crippen LogP contribution in [0.15, 0.2) is 15.8 Å². The third-order valence-corrected chi connectivity index (χ3v) is 4.61. The van der Waals surface area contributed by atoms with Crippen LogP contribution in [0.5, 0.6) is 0 Å². The quantitative estimate of drug-likeness (QED) is 0.500. The first-order valence-electron chi connectivity index (χ1n) is 8.96. The lowest BCUT2D eigenvalue weighted by Crippen LogP contribution is -2.36. The number of alkyl halides is 3. The maximum absolute atomic E-state index is 13.0. The lowest BCUT2D eigenvalue weighted by Gasteiger charge is -2.19.